The fourth-order valence-corrected chi connectivity index (χ4v) is 3.53. The molecule has 0 saturated heterocycles. The zero-order valence-corrected chi connectivity index (χ0v) is 19.2. The van der Waals surface area contributed by atoms with Crippen LogP contribution in [-0.4, -0.2) is 29.1 Å². The normalized spacial score (nSPS) is 10.9. The largest absolute Gasteiger partial charge is 0.368 e. The third kappa shape index (κ3) is 5.66. The smallest absolute Gasteiger partial charge is 0.319 e. The molecule has 3 N–H and O–H groups in total. The third-order valence-corrected chi connectivity index (χ3v) is 5.45. The SMILES string of the molecule is Cc1ccc(-c2nc(NCCNC(=O)Nc3ccc(C(C)C)cc3)c3ccccc3n2)cc1. The summed E-state index contributed by atoms with van der Waals surface area (Å²) in [4.78, 5) is 21.7. The molecule has 0 saturated carbocycles. The van der Waals surface area contributed by atoms with E-state index in [1.165, 1.54) is 11.1 Å². The van der Waals surface area contributed by atoms with E-state index in [4.69, 9.17) is 9.97 Å². The van der Waals surface area contributed by atoms with Gasteiger partial charge in [-0.2, -0.15) is 0 Å². The highest BCUT2D eigenvalue weighted by Gasteiger charge is 2.09. The Kier molecular flexibility index (Phi) is 6.83. The van der Waals surface area contributed by atoms with E-state index in [-0.39, 0.29) is 6.03 Å². The van der Waals surface area contributed by atoms with Gasteiger partial charge in [0.2, 0.25) is 0 Å². The number of carbonyl (C=O) groups excluding carboxylic acids is 1. The van der Waals surface area contributed by atoms with E-state index >= 15 is 0 Å². The third-order valence-electron chi connectivity index (χ3n) is 5.45. The standard InChI is InChI=1S/C27H29N5O/c1-18(2)20-12-14-22(15-13-20)30-27(33)29-17-16-28-26-23-6-4-5-7-24(23)31-25(32-26)21-10-8-19(3)9-11-21/h4-15,18H,16-17H2,1-3H3,(H,28,31,32)(H2,29,30,33). The van der Waals surface area contributed by atoms with Gasteiger partial charge in [-0.05, 0) is 42.7 Å². The van der Waals surface area contributed by atoms with Crippen LogP contribution < -0.4 is 16.0 Å². The minimum absolute atomic E-state index is 0.234. The van der Waals surface area contributed by atoms with Gasteiger partial charge in [0.05, 0.1) is 5.52 Å². The zero-order chi connectivity index (χ0) is 23.2. The molecule has 0 aliphatic heterocycles. The second-order valence-corrected chi connectivity index (χ2v) is 8.36. The van der Waals surface area contributed by atoms with Gasteiger partial charge in [0.15, 0.2) is 5.82 Å². The van der Waals surface area contributed by atoms with E-state index in [0.717, 1.165) is 28.0 Å². The summed E-state index contributed by atoms with van der Waals surface area (Å²) in [7, 11) is 0. The number of benzene rings is 3. The molecule has 0 fully saturated rings. The molecule has 4 rings (SSSR count). The van der Waals surface area contributed by atoms with Crippen LogP contribution in [0.1, 0.15) is 30.9 Å². The van der Waals surface area contributed by atoms with Crippen molar-refractivity contribution in [3.63, 3.8) is 0 Å². The van der Waals surface area contributed by atoms with Gasteiger partial charge >= 0.3 is 6.03 Å². The summed E-state index contributed by atoms with van der Waals surface area (Å²) in [5, 5.41) is 10.1. The maximum atomic E-state index is 12.2. The van der Waals surface area contributed by atoms with Gasteiger partial charge in [-0.1, -0.05) is 67.9 Å². The topological polar surface area (TPSA) is 78.9 Å². The minimum Gasteiger partial charge on any atom is -0.368 e. The first-order chi connectivity index (χ1) is 16.0. The fourth-order valence-electron chi connectivity index (χ4n) is 3.53. The summed E-state index contributed by atoms with van der Waals surface area (Å²) in [5.41, 5.74) is 5.05. The van der Waals surface area contributed by atoms with E-state index in [1.54, 1.807) is 0 Å². The van der Waals surface area contributed by atoms with Crippen LogP contribution in [0.25, 0.3) is 22.3 Å². The highest BCUT2D eigenvalue weighted by atomic mass is 16.2. The number of para-hydroxylation sites is 1. The van der Waals surface area contributed by atoms with Crippen LogP contribution in [0.4, 0.5) is 16.3 Å². The number of aromatic nitrogens is 2. The van der Waals surface area contributed by atoms with Gasteiger partial charge in [0.25, 0.3) is 0 Å². The first-order valence-corrected chi connectivity index (χ1v) is 11.2. The first-order valence-electron chi connectivity index (χ1n) is 11.2. The summed E-state index contributed by atoms with van der Waals surface area (Å²) in [6.07, 6.45) is 0. The molecule has 0 atom stereocenters. The van der Waals surface area contributed by atoms with Gasteiger partial charge in [-0.25, -0.2) is 14.8 Å². The van der Waals surface area contributed by atoms with Crippen LogP contribution in [0.15, 0.2) is 72.8 Å². The van der Waals surface area contributed by atoms with E-state index in [9.17, 15) is 4.79 Å². The van der Waals surface area contributed by atoms with Gasteiger partial charge < -0.3 is 16.0 Å². The molecular formula is C27H29N5O. The van der Waals surface area contributed by atoms with Crippen LogP contribution in [-0.2, 0) is 0 Å². The van der Waals surface area contributed by atoms with E-state index in [1.807, 2.05) is 60.7 Å². The summed E-state index contributed by atoms with van der Waals surface area (Å²) in [6, 6.07) is 23.8. The highest BCUT2D eigenvalue weighted by Crippen LogP contribution is 2.25. The number of fused-ring (bicyclic) bond motifs is 1. The number of rotatable bonds is 7. The van der Waals surface area contributed by atoms with Crippen molar-refractivity contribution in [2.75, 3.05) is 23.7 Å². The lowest BCUT2D eigenvalue weighted by Crippen LogP contribution is -2.32. The lowest BCUT2D eigenvalue weighted by Gasteiger charge is -2.12. The zero-order valence-electron chi connectivity index (χ0n) is 19.2. The Labute approximate surface area is 194 Å². The Morgan fingerprint density at radius 1 is 0.879 bits per heavy atom. The van der Waals surface area contributed by atoms with Crippen LogP contribution in [0.2, 0.25) is 0 Å². The first kappa shape index (κ1) is 22.3. The molecule has 0 aliphatic rings. The van der Waals surface area contributed by atoms with Crippen molar-refractivity contribution >= 4 is 28.4 Å². The molecule has 2 amide bonds. The van der Waals surface area contributed by atoms with E-state index in [2.05, 4.69) is 48.9 Å². The molecule has 1 heterocycles. The number of aryl methyl sites for hydroxylation is 1. The molecule has 3 aromatic carbocycles. The van der Waals surface area contributed by atoms with Crippen molar-refractivity contribution < 1.29 is 4.79 Å². The molecule has 168 valence electrons. The minimum atomic E-state index is -0.234. The Morgan fingerprint density at radius 3 is 2.33 bits per heavy atom. The molecule has 0 spiro atoms. The number of hydrogen-bond donors (Lipinski definition) is 3. The van der Waals surface area contributed by atoms with Crippen molar-refractivity contribution in [1.82, 2.24) is 15.3 Å². The highest BCUT2D eigenvalue weighted by molar-refractivity contribution is 5.91. The van der Waals surface area contributed by atoms with Crippen molar-refractivity contribution in [3.05, 3.63) is 83.9 Å². The predicted molar refractivity (Wildman–Crippen MR) is 136 cm³/mol. The van der Waals surface area contributed by atoms with Gasteiger partial charge in [-0.15, -0.1) is 0 Å². The molecule has 6 nitrogen and oxygen atoms in total. The van der Waals surface area contributed by atoms with Crippen molar-refractivity contribution in [2.45, 2.75) is 26.7 Å². The van der Waals surface area contributed by atoms with Gasteiger partial charge in [-0.3, -0.25) is 0 Å². The van der Waals surface area contributed by atoms with Crippen LogP contribution >= 0.6 is 0 Å². The molecule has 0 radical (unpaired) electrons. The van der Waals surface area contributed by atoms with E-state index in [0.29, 0.717) is 24.8 Å². The second kappa shape index (κ2) is 10.1. The average Bonchev–Trinajstić information content (AvgIpc) is 2.82. The van der Waals surface area contributed by atoms with Crippen molar-refractivity contribution in [1.29, 1.82) is 0 Å². The molecule has 0 bridgehead atoms. The van der Waals surface area contributed by atoms with Crippen LogP contribution in [0.3, 0.4) is 0 Å². The molecule has 0 unspecified atom stereocenters. The molecule has 1 aromatic heterocycles. The lowest BCUT2D eigenvalue weighted by molar-refractivity contribution is 0.252. The molecule has 33 heavy (non-hydrogen) atoms. The number of nitrogens with zero attached hydrogens (tertiary/aromatic N) is 2. The van der Waals surface area contributed by atoms with Gasteiger partial charge in [0.1, 0.15) is 5.82 Å². The maximum Gasteiger partial charge on any atom is 0.319 e. The quantitative estimate of drug-likeness (QED) is 0.310. The molecule has 4 aromatic rings. The number of urea groups is 1. The van der Waals surface area contributed by atoms with Crippen molar-refractivity contribution in [3.8, 4) is 11.4 Å². The van der Waals surface area contributed by atoms with Crippen LogP contribution in [0.5, 0.6) is 0 Å². The Bertz CT molecular complexity index is 1230. The molecule has 6 heteroatoms. The number of hydrogen-bond acceptors (Lipinski definition) is 4. The van der Waals surface area contributed by atoms with E-state index < -0.39 is 0 Å². The second-order valence-electron chi connectivity index (χ2n) is 8.36. The number of nitrogens with one attached hydrogen (secondary N) is 3. The lowest BCUT2D eigenvalue weighted by atomic mass is 10.0. The molecule has 0 aliphatic carbocycles. The molecular weight excluding hydrogens is 410 g/mol. The predicted octanol–water partition coefficient (Wildman–Crippen LogP) is 5.96. The number of anilines is 2. The number of carbonyl (C=O) groups is 1. The number of amides is 2. The average molecular weight is 440 g/mol. The fraction of sp³-hybridized carbons (Fsp3) is 0.222. The summed E-state index contributed by atoms with van der Waals surface area (Å²) < 4.78 is 0. The summed E-state index contributed by atoms with van der Waals surface area (Å²) >= 11 is 0. The van der Waals surface area contributed by atoms with Crippen molar-refractivity contribution in [2.24, 2.45) is 0 Å². The summed E-state index contributed by atoms with van der Waals surface area (Å²) in [6.45, 7) is 7.34. The summed E-state index contributed by atoms with van der Waals surface area (Å²) in [5.74, 6) is 1.89. The monoisotopic (exact) mass is 439 g/mol. The Hall–Kier alpha value is -3.93. The Morgan fingerprint density at radius 2 is 1.61 bits per heavy atom. The van der Waals surface area contributed by atoms with Crippen LogP contribution in [0, 0.1) is 6.92 Å². The maximum absolute atomic E-state index is 12.2. The van der Waals surface area contributed by atoms with Gasteiger partial charge in [0, 0.05) is 29.7 Å². The Balaban J connectivity index is 1.38.